The fraction of sp³-hybridized carbons (Fsp3) is 0.625. The van der Waals surface area contributed by atoms with Crippen LogP contribution < -0.4 is 10.1 Å². The lowest BCUT2D eigenvalue weighted by Gasteiger charge is -2.17. The van der Waals surface area contributed by atoms with Crippen molar-refractivity contribution in [3.8, 4) is 5.75 Å². The molecule has 0 amide bonds. The smallest absolute Gasteiger partial charge is 0.122 e. The Morgan fingerprint density at radius 3 is 2.72 bits per heavy atom. The maximum Gasteiger partial charge on any atom is 0.122 e. The minimum absolute atomic E-state index is 0.215. The Labute approximate surface area is 112 Å². The summed E-state index contributed by atoms with van der Waals surface area (Å²) >= 11 is 0. The van der Waals surface area contributed by atoms with Crippen molar-refractivity contribution in [1.82, 2.24) is 5.32 Å². The summed E-state index contributed by atoms with van der Waals surface area (Å²) < 4.78 is 5.97. The maximum absolute atomic E-state index is 5.97. The van der Waals surface area contributed by atoms with Gasteiger partial charge in [0.2, 0.25) is 0 Å². The zero-order valence-corrected chi connectivity index (χ0v) is 12.3. The summed E-state index contributed by atoms with van der Waals surface area (Å²) in [5, 5.41) is 3.45. The van der Waals surface area contributed by atoms with Crippen molar-refractivity contribution in [3.63, 3.8) is 0 Å². The number of ether oxygens (including phenoxy) is 1. The number of nitrogens with one attached hydrogen (secondary N) is 1. The molecule has 2 nitrogen and oxygen atoms in total. The molecule has 1 aromatic rings. The van der Waals surface area contributed by atoms with Crippen LogP contribution in [0, 0.1) is 13.8 Å². The predicted octanol–water partition coefficient (Wildman–Crippen LogP) is 3.85. The van der Waals surface area contributed by atoms with Crippen molar-refractivity contribution in [2.24, 2.45) is 0 Å². The number of aryl methyl sites for hydroxylation is 2. The van der Waals surface area contributed by atoms with Gasteiger partial charge in [0.05, 0.1) is 0 Å². The number of unbranched alkanes of at least 4 members (excludes halogenated alkanes) is 2. The van der Waals surface area contributed by atoms with E-state index in [-0.39, 0.29) is 6.10 Å². The molecule has 0 heterocycles. The standard InChI is InChI=1S/C16H27NO/c1-5-6-7-10-17-12-15(4)18-16-11-13(2)8-9-14(16)3/h8-9,11,15,17H,5-7,10,12H2,1-4H3. The molecule has 1 atom stereocenters. The van der Waals surface area contributed by atoms with Crippen LogP contribution in [0.1, 0.15) is 44.2 Å². The van der Waals surface area contributed by atoms with Gasteiger partial charge in [-0.3, -0.25) is 0 Å². The molecule has 0 aliphatic carbocycles. The molecule has 1 aromatic carbocycles. The quantitative estimate of drug-likeness (QED) is 0.707. The average Bonchev–Trinajstić information content (AvgIpc) is 2.33. The molecule has 1 N–H and O–H groups in total. The van der Waals surface area contributed by atoms with Crippen molar-refractivity contribution in [1.29, 1.82) is 0 Å². The van der Waals surface area contributed by atoms with Crippen molar-refractivity contribution >= 4 is 0 Å². The molecule has 0 aromatic heterocycles. The van der Waals surface area contributed by atoms with E-state index >= 15 is 0 Å². The summed E-state index contributed by atoms with van der Waals surface area (Å²) in [4.78, 5) is 0. The molecule has 0 radical (unpaired) electrons. The van der Waals surface area contributed by atoms with Crippen molar-refractivity contribution in [3.05, 3.63) is 29.3 Å². The van der Waals surface area contributed by atoms with E-state index in [4.69, 9.17) is 4.74 Å². The molecule has 0 spiro atoms. The van der Waals surface area contributed by atoms with Crippen LogP contribution in [-0.2, 0) is 0 Å². The van der Waals surface area contributed by atoms with Crippen LogP contribution in [0.4, 0.5) is 0 Å². The van der Waals surface area contributed by atoms with Gasteiger partial charge in [-0.05, 0) is 50.9 Å². The van der Waals surface area contributed by atoms with Crippen LogP contribution in [-0.4, -0.2) is 19.2 Å². The molecular weight excluding hydrogens is 222 g/mol. The lowest BCUT2D eigenvalue weighted by molar-refractivity contribution is 0.215. The van der Waals surface area contributed by atoms with Crippen LogP contribution in [0.15, 0.2) is 18.2 Å². The van der Waals surface area contributed by atoms with Crippen molar-refractivity contribution in [2.45, 2.75) is 53.1 Å². The van der Waals surface area contributed by atoms with Gasteiger partial charge in [0, 0.05) is 6.54 Å². The molecule has 0 saturated heterocycles. The molecule has 102 valence electrons. The Morgan fingerprint density at radius 2 is 2.00 bits per heavy atom. The van der Waals surface area contributed by atoms with Crippen molar-refractivity contribution in [2.75, 3.05) is 13.1 Å². The highest BCUT2D eigenvalue weighted by atomic mass is 16.5. The van der Waals surface area contributed by atoms with Gasteiger partial charge < -0.3 is 10.1 Å². The van der Waals surface area contributed by atoms with E-state index in [0.29, 0.717) is 0 Å². The second-order valence-corrected chi connectivity index (χ2v) is 5.11. The third-order valence-electron chi connectivity index (χ3n) is 3.06. The van der Waals surface area contributed by atoms with Gasteiger partial charge in [-0.25, -0.2) is 0 Å². The molecule has 0 bridgehead atoms. The van der Waals surface area contributed by atoms with E-state index in [2.05, 4.69) is 51.2 Å². The molecule has 0 aliphatic heterocycles. The lowest BCUT2D eigenvalue weighted by atomic mass is 10.1. The van der Waals surface area contributed by atoms with Gasteiger partial charge in [-0.2, -0.15) is 0 Å². The van der Waals surface area contributed by atoms with Crippen LogP contribution in [0.2, 0.25) is 0 Å². The first-order valence-electron chi connectivity index (χ1n) is 7.08. The summed E-state index contributed by atoms with van der Waals surface area (Å²) in [6, 6.07) is 6.35. The van der Waals surface area contributed by atoms with E-state index in [0.717, 1.165) is 18.8 Å². The number of rotatable bonds is 8. The number of benzene rings is 1. The van der Waals surface area contributed by atoms with E-state index in [1.54, 1.807) is 0 Å². The molecular formula is C16H27NO. The first kappa shape index (κ1) is 15.0. The monoisotopic (exact) mass is 249 g/mol. The minimum Gasteiger partial charge on any atom is -0.489 e. The van der Waals surface area contributed by atoms with Gasteiger partial charge in [0.25, 0.3) is 0 Å². The number of hydrogen-bond donors (Lipinski definition) is 1. The van der Waals surface area contributed by atoms with Gasteiger partial charge in [-0.15, -0.1) is 0 Å². The third-order valence-corrected chi connectivity index (χ3v) is 3.06. The molecule has 2 heteroatoms. The van der Waals surface area contributed by atoms with Crippen molar-refractivity contribution < 1.29 is 4.74 Å². The minimum atomic E-state index is 0.215. The SMILES string of the molecule is CCCCCNCC(C)Oc1cc(C)ccc1C. The van der Waals surface area contributed by atoms with E-state index in [1.807, 2.05) is 0 Å². The fourth-order valence-corrected chi connectivity index (χ4v) is 1.90. The molecule has 0 aliphatic rings. The van der Waals surface area contributed by atoms with Gasteiger partial charge in [-0.1, -0.05) is 31.9 Å². The number of hydrogen-bond acceptors (Lipinski definition) is 2. The van der Waals surface area contributed by atoms with Gasteiger partial charge >= 0.3 is 0 Å². The topological polar surface area (TPSA) is 21.3 Å². The van der Waals surface area contributed by atoms with E-state index in [9.17, 15) is 0 Å². The largest absolute Gasteiger partial charge is 0.489 e. The zero-order valence-electron chi connectivity index (χ0n) is 12.3. The van der Waals surface area contributed by atoms with Crippen LogP contribution in [0.5, 0.6) is 5.75 Å². The summed E-state index contributed by atoms with van der Waals surface area (Å²) in [5.41, 5.74) is 2.46. The molecule has 0 fully saturated rings. The molecule has 0 saturated carbocycles. The highest BCUT2D eigenvalue weighted by molar-refractivity contribution is 5.36. The first-order chi connectivity index (χ1) is 8.63. The van der Waals surface area contributed by atoms with E-state index < -0.39 is 0 Å². The first-order valence-corrected chi connectivity index (χ1v) is 7.08. The van der Waals surface area contributed by atoms with Gasteiger partial charge in [0.1, 0.15) is 11.9 Å². The van der Waals surface area contributed by atoms with Gasteiger partial charge in [0.15, 0.2) is 0 Å². The fourth-order valence-electron chi connectivity index (χ4n) is 1.90. The normalized spacial score (nSPS) is 12.4. The predicted molar refractivity (Wildman–Crippen MR) is 78.4 cm³/mol. The highest BCUT2D eigenvalue weighted by Gasteiger charge is 2.06. The van der Waals surface area contributed by atoms with Crippen LogP contribution >= 0.6 is 0 Å². The molecule has 18 heavy (non-hydrogen) atoms. The second-order valence-electron chi connectivity index (χ2n) is 5.11. The third kappa shape index (κ3) is 5.54. The highest BCUT2D eigenvalue weighted by Crippen LogP contribution is 2.20. The lowest BCUT2D eigenvalue weighted by Crippen LogP contribution is -2.29. The summed E-state index contributed by atoms with van der Waals surface area (Å²) in [5.74, 6) is 1.01. The molecule has 1 unspecified atom stereocenters. The van der Waals surface area contributed by atoms with Crippen LogP contribution in [0.3, 0.4) is 0 Å². The summed E-state index contributed by atoms with van der Waals surface area (Å²) in [7, 11) is 0. The summed E-state index contributed by atoms with van der Waals surface area (Å²) in [6.45, 7) is 10.5. The Balaban J connectivity index is 2.30. The molecule has 1 rings (SSSR count). The Hall–Kier alpha value is -1.02. The zero-order chi connectivity index (χ0) is 13.4. The van der Waals surface area contributed by atoms with E-state index in [1.165, 1.54) is 30.4 Å². The second kappa shape index (κ2) is 8.15. The summed E-state index contributed by atoms with van der Waals surface area (Å²) in [6.07, 6.45) is 4.05. The average molecular weight is 249 g/mol. The Bertz CT molecular complexity index is 349. The Morgan fingerprint density at radius 1 is 1.22 bits per heavy atom. The van der Waals surface area contributed by atoms with Crippen LogP contribution in [0.25, 0.3) is 0 Å². The maximum atomic E-state index is 5.97. The Kier molecular flexibility index (Phi) is 6.81.